The van der Waals surface area contributed by atoms with Crippen molar-refractivity contribution in [3.8, 4) is 29.1 Å². The van der Waals surface area contributed by atoms with Crippen molar-refractivity contribution in [1.82, 2.24) is 4.90 Å². The molecule has 2 aliphatic heterocycles. The van der Waals surface area contributed by atoms with E-state index in [1.807, 2.05) is 6.08 Å². The van der Waals surface area contributed by atoms with E-state index in [2.05, 4.69) is 43.7 Å². The predicted octanol–water partition coefficient (Wildman–Crippen LogP) is 5.22. The van der Waals surface area contributed by atoms with Crippen molar-refractivity contribution in [2.45, 2.75) is 83.3 Å². The van der Waals surface area contributed by atoms with Gasteiger partial charge in [0.05, 0.1) is 7.11 Å². The molecule has 6 heteroatoms. The van der Waals surface area contributed by atoms with Gasteiger partial charge in [0.15, 0.2) is 17.3 Å². The Balaban J connectivity index is 1.19. The monoisotopic (exact) mass is 531 g/mol. The van der Waals surface area contributed by atoms with Gasteiger partial charge in [-0.05, 0) is 105 Å². The minimum absolute atomic E-state index is 0.104. The molecule has 3 saturated carbocycles. The molecular weight excluding hydrogens is 490 g/mol. The van der Waals surface area contributed by atoms with Gasteiger partial charge in [-0.1, -0.05) is 31.3 Å². The van der Waals surface area contributed by atoms with Crippen molar-refractivity contribution >= 4 is 5.78 Å². The topological polar surface area (TPSA) is 68.2 Å². The Kier molecular flexibility index (Phi) is 5.72. The molecule has 4 unspecified atom stereocenters. The highest BCUT2D eigenvalue weighted by Crippen LogP contribution is 2.66. The lowest BCUT2D eigenvalue weighted by Gasteiger charge is -2.57. The molecule has 2 heterocycles. The molecule has 0 saturated heterocycles. The zero-order valence-corrected chi connectivity index (χ0v) is 23.8. The molecule has 6 aliphatic rings. The number of benzene rings is 1. The second-order valence-corrected chi connectivity index (χ2v) is 13.7. The highest BCUT2D eigenvalue weighted by Gasteiger charge is 2.60. The lowest BCUT2D eigenvalue weighted by Crippen LogP contribution is -2.49. The predicted molar refractivity (Wildman–Crippen MR) is 148 cm³/mol. The molecule has 0 aromatic heterocycles. The SMILES string of the molecule is COc1c2c(cc3c1C(C#C[C@@]1(O)CC4C5CCC6=CC(=O)CC[C@]6(C)C5CC[C@]4(C)C1)N(C)CC3)OCO2. The molecular formula is C33H41NO5. The van der Waals surface area contributed by atoms with Gasteiger partial charge in [0.25, 0.3) is 0 Å². The summed E-state index contributed by atoms with van der Waals surface area (Å²) in [5, 5.41) is 12.0. The van der Waals surface area contributed by atoms with Crippen LogP contribution in [0, 0.1) is 40.4 Å². The number of rotatable bonds is 1. The molecule has 1 N–H and O–H groups in total. The minimum atomic E-state index is -0.990. The number of carbonyl (C=O) groups is 1. The Labute approximate surface area is 232 Å². The summed E-state index contributed by atoms with van der Waals surface area (Å²) in [6.45, 7) is 5.90. The van der Waals surface area contributed by atoms with Crippen LogP contribution in [0.4, 0.5) is 0 Å². The van der Waals surface area contributed by atoms with Crippen LogP contribution in [-0.4, -0.2) is 48.9 Å². The standard InChI is InChI=1S/C33H41NO5/c1-31-11-8-24-23(6-5-21-16-22(35)7-12-32(21,24)2)25(31)17-33(36,18-31)13-9-26-28-20(10-14-34(26)3)15-27-29(30(28)37-4)39-19-38-27/h15-16,23-26,36H,5-8,10-12,14,17-19H2,1-4H3/t23?,24?,25?,26?,31-,32+,33-/m1/s1. The Morgan fingerprint density at radius 2 is 1.97 bits per heavy atom. The molecule has 6 nitrogen and oxygen atoms in total. The number of allylic oxidation sites excluding steroid dienone is 1. The molecule has 7 atom stereocenters. The third-order valence-corrected chi connectivity index (χ3v) is 11.6. The quantitative estimate of drug-likeness (QED) is 0.502. The van der Waals surface area contributed by atoms with E-state index in [1.54, 1.807) is 7.11 Å². The summed E-state index contributed by atoms with van der Waals surface area (Å²) >= 11 is 0. The molecule has 7 rings (SSSR count). The van der Waals surface area contributed by atoms with Gasteiger partial charge in [-0.2, -0.15) is 0 Å². The number of methoxy groups -OCH3 is 1. The van der Waals surface area contributed by atoms with Crippen molar-refractivity contribution in [2.24, 2.45) is 28.6 Å². The maximum atomic E-state index is 12.2. The fourth-order valence-electron chi connectivity index (χ4n) is 9.59. The van der Waals surface area contributed by atoms with Crippen LogP contribution < -0.4 is 14.2 Å². The van der Waals surface area contributed by atoms with Gasteiger partial charge in [-0.3, -0.25) is 9.69 Å². The summed E-state index contributed by atoms with van der Waals surface area (Å²) in [5.41, 5.74) is 2.87. The summed E-state index contributed by atoms with van der Waals surface area (Å²) in [6, 6.07) is 1.90. The number of ketones is 1. The maximum Gasteiger partial charge on any atom is 0.231 e. The van der Waals surface area contributed by atoms with Gasteiger partial charge in [0.2, 0.25) is 12.5 Å². The first kappa shape index (κ1) is 25.5. The summed E-state index contributed by atoms with van der Waals surface area (Å²) in [6.07, 6.45) is 10.5. The Hall–Kier alpha value is -2.49. The molecule has 208 valence electrons. The summed E-state index contributed by atoms with van der Waals surface area (Å²) in [4.78, 5) is 14.4. The van der Waals surface area contributed by atoms with Crippen LogP contribution in [-0.2, 0) is 11.2 Å². The molecule has 1 aromatic rings. The Morgan fingerprint density at radius 1 is 1.13 bits per heavy atom. The zero-order valence-electron chi connectivity index (χ0n) is 23.8. The van der Waals surface area contributed by atoms with E-state index < -0.39 is 5.60 Å². The van der Waals surface area contributed by atoms with Gasteiger partial charge in [0, 0.05) is 18.5 Å². The first-order chi connectivity index (χ1) is 18.6. The minimum Gasteiger partial charge on any atom is -0.492 e. The lowest BCUT2D eigenvalue weighted by atomic mass is 9.47. The number of nitrogens with zero attached hydrogens (tertiary/aromatic N) is 1. The first-order valence-corrected chi connectivity index (χ1v) is 14.8. The highest BCUT2D eigenvalue weighted by molar-refractivity contribution is 5.91. The van der Waals surface area contributed by atoms with Gasteiger partial charge >= 0.3 is 0 Å². The van der Waals surface area contributed by atoms with E-state index in [-0.39, 0.29) is 23.7 Å². The van der Waals surface area contributed by atoms with Crippen LogP contribution in [0.5, 0.6) is 17.2 Å². The summed E-state index contributed by atoms with van der Waals surface area (Å²) in [7, 11) is 3.77. The number of hydrogen-bond donors (Lipinski definition) is 1. The Morgan fingerprint density at radius 3 is 2.79 bits per heavy atom. The van der Waals surface area contributed by atoms with Gasteiger partial charge < -0.3 is 19.3 Å². The summed E-state index contributed by atoms with van der Waals surface area (Å²) < 4.78 is 17.3. The van der Waals surface area contributed by atoms with Crippen molar-refractivity contribution in [2.75, 3.05) is 27.5 Å². The van der Waals surface area contributed by atoms with E-state index in [9.17, 15) is 9.90 Å². The number of carbonyl (C=O) groups excluding carboxylic acids is 1. The van der Waals surface area contributed by atoms with E-state index >= 15 is 0 Å². The van der Waals surface area contributed by atoms with Crippen LogP contribution in [0.1, 0.15) is 82.4 Å². The lowest BCUT2D eigenvalue weighted by molar-refractivity contribution is -0.117. The van der Waals surface area contributed by atoms with E-state index in [1.165, 1.54) is 17.6 Å². The third-order valence-electron chi connectivity index (χ3n) is 11.6. The first-order valence-electron chi connectivity index (χ1n) is 14.8. The molecule has 0 radical (unpaired) electrons. The number of ether oxygens (including phenoxy) is 3. The van der Waals surface area contributed by atoms with Crippen molar-refractivity contribution in [3.05, 3.63) is 28.8 Å². The molecule has 39 heavy (non-hydrogen) atoms. The molecule has 3 fully saturated rings. The molecule has 4 aliphatic carbocycles. The number of aliphatic hydroxyl groups is 1. The largest absolute Gasteiger partial charge is 0.492 e. The molecule has 1 aromatic carbocycles. The number of hydrogen-bond acceptors (Lipinski definition) is 6. The van der Waals surface area contributed by atoms with Crippen LogP contribution >= 0.6 is 0 Å². The van der Waals surface area contributed by atoms with Crippen LogP contribution in [0.25, 0.3) is 0 Å². The number of fused-ring (bicyclic) bond motifs is 7. The molecule has 0 spiro atoms. The molecule has 0 amide bonds. The van der Waals surface area contributed by atoms with Crippen LogP contribution in [0.2, 0.25) is 0 Å². The van der Waals surface area contributed by atoms with Crippen molar-refractivity contribution in [1.29, 1.82) is 0 Å². The summed E-state index contributed by atoms with van der Waals surface area (Å²) in [5.74, 6) is 11.1. The normalized spacial score (nSPS) is 40.4. The van der Waals surface area contributed by atoms with Crippen LogP contribution in [0.15, 0.2) is 17.7 Å². The second-order valence-electron chi connectivity index (χ2n) is 13.7. The number of likely N-dealkylation sites (N-methyl/N-ethyl adjacent to an activating group) is 1. The maximum absolute atomic E-state index is 12.2. The second kappa shape index (κ2) is 8.75. The van der Waals surface area contributed by atoms with Gasteiger partial charge in [-0.15, -0.1) is 0 Å². The fraction of sp³-hybridized carbons (Fsp3) is 0.667. The Bertz CT molecular complexity index is 1320. The zero-order chi connectivity index (χ0) is 27.2. The van der Waals surface area contributed by atoms with Crippen molar-refractivity contribution < 1.29 is 24.1 Å². The van der Waals surface area contributed by atoms with Gasteiger partial charge in [0.1, 0.15) is 11.6 Å². The average molecular weight is 532 g/mol. The van der Waals surface area contributed by atoms with Gasteiger partial charge in [-0.25, -0.2) is 0 Å². The van der Waals surface area contributed by atoms with E-state index in [4.69, 9.17) is 14.2 Å². The smallest absolute Gasteiger partial charge is 0.231 e. The van der Waals surface area contributed by atoms with E-state index in [0.717, 1.165) is 62.8 Å². The van der Waals surface area contributed by atoms with Crippen molar-refractivity contribution in [3.63, 3.8) is 0 Å². The average Bonchev–Trinajstić information content (AvgIpc) is 3.48. The fourth-order valence-corrected chi connectivity index (χ4v) is 9.59. The van der Waals surface area contributed by atoms with E-state index in [0.29, 0.717) is 41.5 Å². The highest BCUT2D eigenvalue weighted by atomic mass is 16.7. The van der Waals surface area contributed by atoms with Crippen LogP contribution in [0.3, 0.4) is 0 Å². The molecule has 0 bridgehead atoms. The third kappa shape index (κ3) is 3.79.